The molecule has 0 heterocycles. The van der Waals surface area contributed by atoms with Crippen molar-refractivity contribution in [1.82, 2.24) is 5.32 Å². The zero-order valence-corrected chi connectivity index (χ0v) is 7.73. The Morgan fingerprint density at radius 1 is 1.36 bits per heavy atom. The van der Waals surface area contributed by atoms with Crippen molar-refractivity contribution in [2.45, 2.75) is 38.8 Å². The quantitative estimate of drug-likeness (QED) is 0.590. The standard InChI is InChI=1S/C9H17NO/c1-6-7-10-8(2,3)9(4,5)11/h1,10-11H,7H2,2-5H3. The molecule has 0 radical (unpaired) electrons. The van der Waals surface area contributed by atoms with E-state index in [1.807, 2.05) is 13.8 Å². The maximum atomic E-state index is 9.64. The maximum Gasteiger partial charge on any atom is 0.0767 e. The largest absolute Gasteiger partial charge is 0.389 e. The molecule has 2 N–H and O–H groups in total. The SMILES string of the molecule is C#CCNC(C)(C)C(C)(C)O. The van der Waals surface area contributed by atoms with Crippen molar-refractivity contribution in [3.05, 3.63) is 0 Å². The molecule has 0 rings (SSSR count). The van der Waals surface area contributed by atoms with Gasteiger partial charge in [0.1, 0.15) is 0 Å². The minimum Gasteiger partial charge on any atom is -0.389 e. The van der Waals surface area contributed by atoms with Crippen LogP contribution in [0, 0.1) is 12.3 Å². The molecule has 0 aromatic carbocycles. The number of rotatable bonds is 3. The van der Waals surface area contributed by atoms with E-state index < -0.39 is 5.60 Å². The summed E-state index contributed by atoms with van der Waals surface area (Å²) in [6.45, 7) is 7.85. The van der Waals surface area contributed by atoms with E-state index in [2.05, 4.69) is 11.2 Å². The van der Waals surface area contributed by atoms with Gasteiger partial charge in [0, 0.05) is 5.54 Å². The summed E-state index contributed by atoms with van der Waals surface area (Å²) in [7, 11) is 0. The van der Waals surface area contributed by atoms with Crippen LogP contribution in [0.3, 0.4) is 0 Å². The van der Waals surface area contributed by atoms with E-state index in [0.29, 0.717) is 6.54 Å². The molecule has 11 heavy (non-hydrogen) atoms. The molecule has 0 aliphatic rings. The number of aliphatic hydroxyl groups is 1. The van der Waals surface area contributed by atoms with Crippen LogP contribution in [0.25, 0.3) is 0 Å². The predicted octanol–water partition coefficient (Wildman–Crippen LogP) is 0.759. The van der Waals surface area contributed by atoms with Crippen molar-refractivity contribution in [2.75, 3.05) is 6.54 Å². The van der Waals surface area contributed by atoms with E-state index in [0.717, 1.165) is 0 Å². The first-order chi connectivity index (χ1) is 4.81. The van der Waals surface area contributed by atoms with Crippen LogP contribution in [0.15, 0.2) is 0 Å². The van der Waals surface area contributed by atoms with Crippen molar-refractivity contribution in [1.29, 1.82) is 0 Å². The van der Waals surface area contributed by atoms with Gasteiger partial charge in [0.25, 0.3) is 0 Å². The molecule has 0 aromatic rings. The minimum absolute atomic E-state index is 0.348. The zero-order chi connectivity index (χ0) is 9.12. The Morgan fingerprint density at radius 2 is 1.82 bits per heavy atom. The maximum absolute atomic E-state index is 9.64. The molecule has 0 aliphatic carbocycles. The second-order valence-corrected chi connectivity index (χ2v) is 3.74. The van der Waals surface area contributed by atoms with Crippen LogP contribution in [0.4, 0.5) is 0 Å². The van der Waals surface area contributed by atoms with E-state index in [4.69, 9.17) is 6.42 Å². The third-order valence-electron chi connectivity index (χ3n) is 2.16. The van der Waals surface area contributed by atoms with Crippen LogP contribution in [-0.4, -0.2) is 22.8 Å². The van der Waals surface area contributed by atoms with Crippen LogP contribution in [0.1, 0.15) is 27.7 Å². The Labute approximate surface area is 69.0 Å². The third-order valence-corrected chi connectivity index (χ3v) is 2.16. The van der Waals surface area contributed by atoms with Crippen LogP contribution >= 0.6 is 0 Å². The van der Waals surface area contributed by atoms with Gasteiger partial charge < -0.3 is 5.11 Å². The summed E-state index contributed by atoms with van der Waals surface area (Å²) in [5, 5.41) is 12.7. The van der Waals surface area contributed by atoms with Crippen molar-refractivity contribution in [3.63, 3.8) is 0 Å². The average molecular weight is 155 g/mol. The fourth-order valence-electron chi connectivity index (χ4n) is 0.488. The van der Waals surface area contributed by atoms with Gasteiger partial charge in [-0.1, -0.05) is 5.92 Å². The molecule has 0 fully saturated rings. The van der Waals surface area contributed by atoms with Gasteiger partial charge in [-0.15, -0.1) is 6.42 Å². The van der Waals surface area contributed by atoms with Crippen LogP contribution in [-0.2, 0) is 0 Å². The lowest BCUT2D eigenvalue weighted by Gasteiger charge is -2.37. The summed E-state index contributed by atoms with van der Waals surface area (Å²) in [6.07, 6.45) is 5.08. The minimum atomic E-state index is -0.760. The topological polar surface area (TPSA) is 32.3 Å². The molecule has 0 aromatic heterocycles. The lowest BCUT2D eigenvalue weighted by molar-refractivity contribution is -0.00246. The lowest BCUT2D eigenvalue weighted by Crippen LogP contribution is -2.55. The molecule has 64 valence electrons. The van der Waals surface area contributed by atoms with E-state index in [-0.39, 0.29) is 5.54 Å². The fraction of sp³-hybridized carbons (Fsp3) is 0.778. The Morgan fingerprint density at radius 3 is 2.09 bits per heavy atom. The van der Waals surface area contributed by atoms with E-state index >= 15 is 0 Å². The first-order valence-electron chi connectivity index (χ1n) is 3.72. The molecular weight excluding hydrogens is 138 g/mol. The molecule has 0 saturated heterocycles. The van der Waals surface area contributed by atoms with Crippen LogP contribution in [0.2, 0.25) is 0 Å². The highest BCUT2D eigenvalue weighted by Gasteiger charge is 2.33. The smallest absolute Gasteiger partial charge is 0.0767 e. The van der Waals surface area contributed by atoms with E-state index in [1.54, 1.807) is 13.8 Å². The molecule has 0 unspecified atom stereocenters. The molecular formula is C9H17NO. The molecule has 0 amide bonds. The molecule has 2 heteroatoms. The van der Waals surface area contributed by atoms with Gasteiger partial charge in [0.05, 0.1) is 12.1 Å². The highest BCUT2D eigenvalue weighted by molar-refractivity contribution is 4.98. The predicted molar refractivity (Wildman–Crippen MR) is 47.2 cm³/mol. The number of hydrogen-bond acceptors (Lipinski definition) is 2. The molecule has 0 spiro atoms. The Hall–Kier alpha value is -0.520. The second kappa shape index (κ2) is 3.25. The van der Waals surface area contributed by atoms with Gasteiger partial charge in [0.15, 0.2) is 0 Å². The van der Waals surface area contributed by atoms with Crippen molar-refractivity contribution < 1.29 is 5.11 Å². The number of nitrogens with one attached hydrogen (secondary N) is 1. The lowest BCUT2D eigenvalue weighted by atomic mass is 9.86. The van der Waals surface area contributed by atoms with Gasteiger partial charge in [-0.3, -0.25) is 5.32 Å². The number of terminal acetylenes is 1. The first-order valence-corrected chi connectivity index (χ1v) is 3.72. The molecule has 0 bridgehead atoms. The van der Waals surface area contributed by atoms with Gasteiger partial charge in [-0.2, -0.15) is 0 Å². The molecule has 0 saturated carbocycles. The molecule has 2 nitrogen and oxygen atoms in total. The fourth-order valence-corrected chi connectivity index (χ4v) is 0.488. The van der Waals surface area contributed by atoms with Gasteiger partial charge in [-0.05, 0) is 27.7 Å². The van der Waals surface area contributed by atoms with Crippen molar-refractivity contribution in [2.24, 2.45) is 0 Å². The summed E-state index contributed by atoms with van der Waals surface area (Å²) < 4.78 is 0. The zero-order valence-electron chi connectivity index (χ0n) is 7.73. The number of hydrogen-bond donors (Lipinski definition) is 2. The van der Waals surface area contributed by atoms with Crippen LogP contribution in [0.5, 0.6) is 0 Å². The summed E-state index contributed by atoms with van der Waals surface area (Å²) >= 11 is 0. The Bertz CT molecular complexity index is 159. The highest BCUT2D eigenvalue weighted by atomic mass is 16.3. The summed E-state index contributed by atoms with van der Waals surface area (Å²) in [4.78, 5) is 0. The first kappa shape index (κ1) is 10.5. The van der Waals surface area contributed by atoms with Gasteiger partial charge >= 0.3 is 0 Å². The normalized spacial score (nSPS) is 12.7. The van der Waals surface area contributed by atoms with E-state index in [9.17, 15) is 5.11 Å². The summed E-state index contributed by atoms with van der Waals surface area (Å²) in [6, 6.07) is 0. The Kier molecular flexibility index (Phi) is 3.10. The summed E-state index contributed by atoms with van der Waals surface area (Å²) in [5.41, 5.74) is -1.11. The Balaban J connectivity index is 4.13. The van der Waals surface area contributed by atoms with Crippen molar-refractivity contribution >= 4 is 0 Å². The van der Waals surface area contributed by atoms with Gasteiger partial charge in [0.2, 0.25) is 0 Å². The van der Waals surface area contributed by atoms with Gasteiger partial charge in [-0.25, -0.2) is 0 Å². The summed E-state index contributed by atoms with van der Waals surface area (Å²) in [5.74, 6) is 2.47. The molecule has 0 atom stereocenters. The third kappa shape index (κ3) is 2.92. The molecule has 0 aliphatic heterocycles. The highest BCUT2D eigenvalue weighted by Crippen LogP contribution is 2.19. The van der Waals surface area contributed by atoms with Crippen LogP contribution < -0.4 is 5.32 Å². The van der Waals surface area contributed by atoms with Crippen molar-refractivity contribution in [3.8, 4) is 12.3 Å². The second-order valence-electron chi connectivity index (χ2n) is 3.74. The van der Waals surface area contributed by atoms with E-state index in [1.165, 1.54) is 0 Å². The average Bonchev–Trinajstić information content (AvgIpc) is 1.81. The monoisotopic (exact) mass is 155 g/mol.